The van der Waals surface area contributed by atoms with Gasteiger partial charge in [0, 0.05) is 37.8 Å². The summed E-state index contributed by atoms with van der Waals surface area (Å²) in [6, 6.07) is 22.4. The lowest BCUT2D eigenvalue weighted by atomic mass is 10.1. The maximum Gasteiger partial charge on any atom is 0.278 e. The summed E-state index contributed by atoms with van der Waals surface area (Å²) in [5, 5.41) is 15.8. The van der Waals surface area contributed by atoms with Gasteiger partial charge in [-0.2, -0.15) is 5.26 Å². The highest BCUT2D eigenvalue weighted by Crippen LogP contribution is 2.31. The van der Waals surface area contributed by atoms with Gasteiger partial charge in [0.15, 0.2) is 0 Å². The van der Waals surface area contributed by atoms with Crippen molar-refractivity contribution >= 4 is 40.0 Å². The number of aromatic nitrogens is 4. The zero-order chi connectivity index (χ0) is 25.2. The van der Waals surface area contributed by atoms with E-state index >= 15 is 0 Å². The Morgan fingerprint density at radius 1 is 0.947 bits per heavy atom. The molecule has 0 saturated carbocycles. The van der Waals surface area contributed by atoms with Crippen molar-refractivity contribution in [1.82, 2.24) is 24.4 Å². The maximum absolute atomic E-state index is 14.0. The first-order chi connectivity index (χ1) is 18.2. The number of hydrogen-bond donors (Lipinski definition) is 1. The molecule has 192 valence electrons. The van der Waals surface area contributed by atoms with E-state index in [0.717, 1.165) is 60.4 Å². The van der Waals surface area contributed by atoms with Crippen LogP contribution in [0.1, 0.15) is 23.2 Å². The minimum atomic E-state index is -0.175. The van der Waals surface area contributed by atoms with Gasteiger partial charge in [0.2, 0.25) is 0 Å². The van der Waals surface area contributed by atoms with Gasteiger partial charge in [-0.15, -0.1) is 12.4 Å². The fourth-order valence-corrected chi connectivity index (χ4v) is 5.24. The van der Waals surface area contributed by atoms with Crippen molar-refractivity contribution in [2.75, 3.05) is 31.1 Å². The normalized spacial score (nSPS) is 13.7. The molecule has 6 rings (SSSR count). The fourth-order valence-electron chi connectivity index (χ4n) is 5.24. The first-order valence-electron chi connectivity index (χ1n) is 12.6. The summed E-state index contributed by atoms with van der Waals surface area (Å²) in [5.74, 6) is 0.774. The van der Waals surface area contributed by atoms with Crippen LogP contribution in [0, 0.1) is 11.3 Å². The highest BCUT2D eigenvalue weighted by molar-refractivity contribution is 5.89. The summed E-state index contributed by atoms with van der Waals surface area (Å²) in [4.78, 5) is 25.5. The topological polar surface area (TPSA) is 91.8 Å². The Morgan fingerprint density at radius 3 is 2.61 bits per heavy atom. The van der Waals surface area contributed by atoms with Crippen LogP contribution in [-0.2, 0) is 13.1 Å². The Balaban J connectivity index is 0.00000294. The van der Waals surface area contributed by atoms with Crippen LogP contribution in [0.3, 0.4) is 0 Å². The van der Waals surface area contributed by atoms with Gasteiger partial charge >= 0.3 is 0 Å². The standard InChI is InChI=1S/C29H27N7O.ClH/c30-17-24-26-27(29(37)35(20-33-26)19-25-23-10-5-4-9-22(23)11-13-32-25)36(18-21-7-2-1-3-8-21)28(24)34-15-6-12-31-14-16-34;/h1-5,7-11,13,20,31H,6,12,14-16,18-19H2;1H. The minimum absolute atomic E-state index is 0. The van der Waals surface area contributed by atoms with E-state index in [1.54, 1.807) is 17.1 Å². The maximum atomic E-state index is 14.0. The lowest BCUT2D eigenvalue weighted by Gasteiger charge is -2.24. The lowest BCUT2D eigenvalue weighted by molar-refractivity contribution is 0.713. The average Bonchev–Trinajstić information content (AvgIpc) is 3.06. The minimum Gasteiger partial charge on any atom is -0.355 e. The SMILES string of the molecule is Cl.N#Cc1c(N2CCCNCC2)n(Cc2ccccc2)c2c(=O)n(Cc3nccc4ccccc34)cnc12. The third-order valence-electron chi connectivity index (χ3n) is 7.01. The molecule has 3 aromatic heterocycles. The van der Waals surface area contributed by atoms with E-state index in [9.17, 15) is 10.1 Å². The molecule has 4 heterocycles. The van der Waals surface area contributed by atoms with Crippen LogP contribution < -0.4 is 15.8 Å². The molecule has 1 aliphatic heterocycles. The zero-order valence-corrected chi connectivity index (χ0v) is 21.7. The Kier molecular flexibility index (Phi) is 7.40. The van der Waals surface area contributed by atoms with Crippen molar-refractivity contribution in [2.45, 2.75) is 19.5 Å². The first-order valence-corrected chi connectivity index (χ1v) is 12.6. The van der Waals surface area contributed by atoms with Gasteiger partial charge in [-0.05, 0) is 30.0 Å². The molecule has 2 aromatic carbocycles. The quantitative estimate of drug-likeness (QED) is 0.374. The number of anilines is 1. The van der Waals surface area contributed by atoms with Crippen molar-refractivity contribution < 1.29 is 0 Å². The third kappa shape index (κ3) is 4.62. The van der Waals surface area contributed by atoms with E-state index in [1.807, 2.05) is 65.2 Å². The van der Waals surface area contributed by atoms with Crippen LogP contribution in [0.4, 0.5) is 5.82 Å². The molecule has 0 radical (unpaired) electrons. The molecule has 5 aromatic rings. The molecule has 9 heteroatoms. The molecule has 0 bridgehead atoms. The molecule has 1 fully saturated rings. The van der Waals surface area contributed by atoms with Gasteiger partial charge in [0.1, 0.15) is 28.5 Å². The van der Waals surface area contributed by atoms with Crippen molar-refractivity contribution in [3.05, 3.63) is 100 Å². The Hall–Kier alpha value is -4.19. The monoisotopic (exact) mass is 525 g/mol. The molecule has 8 nitrogen and oxygen atoms in total. The Labute approximate surface area is 226 Å². The van der Waals surface area contributed by atoms with Crippen molar-refractivity contribution in [3.8, 4) is 6.07 Å². The highest BCUT2D eigenvalue weighted by atomic mass is 35.5. The molecule has 0 spiro atoms. The second-order valence-electron chi connectivity index (χ2n) is 9.33. The summed E-state index contributed by atoms with van der Waals surface area (Å²) in [6.07, 6.45) is 4.28. The number of nitriles is 1. The summed E-state index contributed by atoms with van der Waals surface area (Å²) < 4.78 is 3.60. The van der Waals surface area contributed by atoms with Crippen LogP contribution >= 0.6 is 12.4 Å². The van der Waals surface area contributed by atoms with E-state index < -0.39 is 0 Å². The van der Waals surface area contributed by atoms with Crippen molar-refractivity contribution in [3.63, 3.8) is 0 Å². The van der Waals surface area contributed by atoms with Crippen LogP contribution in [0.25, 0.3) is 21.8 Å². The second kappa shape index (κ2) is 11.1. The van der Waals surface area contributed by atoms with Gasteiger partial charge in [0.25, 0.3) is 5.56 Å². The second-order valence-corrected chi connectivity index (χ2v) is 9.33. The van der Waals surface area contributed by atoms with E-state index in [2.05, 4.69) is 26.3 Å². The van der Waals surface area contributed by atoms with Gasteiger partial charge in [-0.1, -0.05) is 54.6 Å². The molecule has 0 amide bonds. The van der Waals surface area contributed by atoms with Gasteiger partial charge in [-0.25, -0.2) is 4.98 Å². The van der Waals surface area contributed by atoms with Gasteiger partial charge in [0.05, 0.1) is 18.6 Å². The zero-order valence-electron chi connectivity index (χ0n) is 20.9. The lowest BCUT2D eigenvalue weighted by Crippen LogP contribution is -2.31. The Morgan fingerprint density at radius 2 is 1.76 bits per heavy atom. The largest absolute Gasteiger partial charge is 0.355 e. The number of halogens is 1. The summed E-state index contributed by atoms with van der Waals surface area (Å²) in [6.45, 7) is 4.09. The predicted molar refractivity (Wildman–Crippen MR) is 152 cm³/mol. The number of benzene rings is 2. The summed E-state index contributed by atoms with van der Waals surface area (Å²) in [7, 11) is 0. The number of pyridine rings is 1. The molecule has 38 heavy (non-hydrogen) atoms. The van der Waals surface area contributed by atoms with E-state index in [0.29, 0.717) is 29.7 Å². The molecule has 1 N–H and O–H groups in total. The molecule has 0 aliphatic carbocycles. The van der Waals surface area contributed by atoms with Crippen LogP contribution in [0.15, 0.2) is 78.0 Å². The van der Waals surface area contributed by atoms with Gasteiger partial charge < -0.3 is 14.8 Å². The van der Waals surface area contributed by atoms with E-state index in [4.69, 9.17) is 0 Å². The van der Waals surface area contributed by atoms with E-state index in [1.165, 1.54) is 0 Å². The molecule has 0 unspecified atom stereocenters. The Bertz CT molecular complexity index is 1670. The summed E-state index contributed by atoms with van der Waals surface area (Å²) >= 11 is 0. The smallest absolute Gasteiger partial charge is 0.278 e. The number of nitrogens with zero attached hydrogens (tertiary/aromatic N) is 6. The van der Waals surface area contributed by atoms with Crippen LogP contribution in [0.2, 0.25) is 0 Å². The van der Waals surface area contributed by atoms with Gasteiger partial charge in [-0.3, -0.25) is 14.3 Å². The third-order valence-corrected chi connectivity index (χ3v) is 7.01. The molecule has 1 aliphatic rings. The van der Waals surface area contributed by atoms with E-state index in [-0.39, 0.29) is 18.0 Å². The van der Waals surface area contributed by atoms with Crippen molar-refractivity contribution in [1.29, 1.82) is 5.26 Å². The van der Waals surface area contributed by atoms with Crippen LogP contribution in [-0.4, -0.2) is 45.3 Å². The van der Waals surface area contributed by atoms with Crippen LogP contribution in [0.5, 0.6) is 0 Å². The number of fused-ring (bicyclic) bond motifs is 2. The van der Waals surface area contributed by atoms with Crippen molar-refractivity contribution in [2.24, 2.45) is 0 Å². The number of rotatable bonds is 5. The molecular formula is C29H28ClN7O. The predicted octanol–water partition coefficient (Wildman–Crippen LogP) is 3.94. The summed E-state index contributed by atoms with van der Waals surface area (Å²) in [5.41, 5.74) is 3.06. The number of nitrogens with one attached hydrogen (secondary N) is 1. The first kappa shape index (κ1) is 25.5. The fraction of sp³-hybridized carbons (Fsp3) is 0.241. The average molecular weight is 526 g/mol. The molecule has 1 saturated heterocycles. The molecule has 0 atom stereocenters. The highest BCUT2D eigenvalue weighted by Gasteiger charge is 2.26. The number of hydrogen-bond acceptors (Lipinski definition) is 6. The molecular weight excluding hydrogens is 498 g/mol.